The lowest BCUT2D eigenvalue weighted by Gasteiger charge is -1.98. The van der Waals surface area contributed by atoms with E-state index >= 15 is 0 Å². The second-order valence-corrected chi connectivity index (χ2v) is 2.42. The number of nitro groups is 1. The Balaban J connectivity index is 3.26. The Kier molecular flexibility index (Phi) is 2.47. The molecule has 0 saturated carbocycles. The van der Waals surface area contributed by atoms with Crippen LogP contribution in [-0.4, -0.2) is 4.92 Å². The third-order valence-corrected chi connectivity index (χ3v) is 1.54. The number of anilines is 1. The molecule has 0 aliphatic rings. The molecule has 0 atom stereocenters. The number of nitro benzene ring substituents is 1. The topological polar surface area (TPSA) is 69.2 Å². The molecule has 2 N–H and O–H groups in total. The van der Waals surface area contributed by atoms with Crippen LogP contribution in [0.25, 0.3) is 6.08 Å². The van der Waals surface area contributed by atoms with E-state index in [1.807, 2.05) is 0 Å². The van der Waals surface area contributed by atoms with Gasteiger partial charge in [0, 0.05) is 23.4 Å². The first-order valence-corrected chi connectivity index (χ1v) is 3.55. The van der Waals surface area contributed by atoms with Gasteiger partial charge < -0.3 is 5.73 Å². The number of hydrogen-bond donors (Lipinski definition) is 1. The first kappa shape index (κ1) is 9.03. The molecule has 4 heteroatoms. The predicted molar refractivity (Wildman–Crippen MR) is 51.1 cm³/mol. The molecule has 66 valence electrons. The molecule has 1 aromatic rings. The van der Waals surface area contributed by atoms with Gasteiger partial charge in [-0.15, -0.1) is 5.73 Å². The van der Waals surface area contributed by atoms with Crippen molar-refractivity contribution >= 4 is 17.5 Å². The predicted octanol–water partition coefficient (Wildman–Crippen LogP) is 1.98. The maximum absolute atomic E-state index is 10.4. The van der Waals surface area contributed by atoms with Gasteiger partial charge in [-0.3, -0.25) is 10.1 Å². The summed E-state index contributed by atoms with van der Waals surface area (Å²) in [5.41, 5.74) is 9.11. The smallest absolute Gasteiger partial charge is 0.270 e. The van der Waals surface area contributed by atoms with Crippen LogP contribution < -0.4 is 5.73 Å². The molecule has 0 aromatic heterocycles. The average Bonchev–Trinajstić information content (AvgIpc) is 2.08. The summed E-state index contributed by atoms with van der Waals surface area (Å²) in [5, 5.41) is 10.4. The number of non-ortho nitro benzene ring substituents is 1. The van der Waals surface area contributed by atoms with Crippen LogP contribution >= 0.6 is 0 Å². The van der Waals surface area contributed by atoms with Gasteiger partial charge in [-0.05, 0) is 12.1 Å². The van der Waals surface area contributed by atoms with Crippen molar-refractivity contribution in [1.82, 2.24) is 0 Å². The van der Waals surface area contributed by atoms with Crippen LogP contribution in [0.5, 0.6) is 0 Å². The molecule has 0 fully saturated rings. The van der Waals surface area contributed by atoms with Gasteiger partial charge in [0.2, 0.25) is 0 Å². The van der Waals surface area contributed by atoms with Gasteiger partial charge >= 0.3 is 0 Å². The summed E-state index contributed by atoms with van der Waals surface area (Å²) in [6, 6.07) is 4.23. The summed E-state index contributed by atoms with van der Waals surface area (Å²) in [7, 11) is 0. The van der Waals surface area contributed by atoms with Gasteiger partial charge in [0.05, 0.1) is 4.92 Å². The normalized spacial score (nSPS) is 8.92. The van der Waals surface area contributed by atoms with Crippen LogP contribution in [-0.2, 0) is 0 Å². The van der Waals surface area contributed by atoms with Crippen molar-refractivity contribution in [3.05, 3.63) is 46.2 Å². The van der Waals surface area contributed by atoms with E-state index in [9.17, 15) is 10.1 Å². The van der Waals surface area contributed by atoms with Crippen molar-refractivity contribution in [2.24, 2.45) is 0 Å². The van der Waals surface area contributed by atoms with Gasteiger partial charge in [-0.2, -0.15) is 0 Å². The molecule has 0 bridgehead atoms. The summed E-state index contributed by atoms with van der Waals surface area (Å²) < 4.78 is 0. The Morgan fingerprint density at radius 2 is 2.31 bits per heavy atom. The van der Waals surface area contributed by atoms with E-state index in [0.29, 0.717) is 11.3 Å². The molecular weight excluding hydrogens is 168 g/mol. The number of rotatable bonds is 2. The van der Waals surface area contributed by atoms with Crippen molar-refractivity contribution in [2.45, 2.75) is 0 Å². The second-order valence-electron chi connectivity index (χ2n) is 2.42. The Morgan fingerprint density at radius 3 is 2.85 bits per heavy atom. The highest BCUT2D eigenvalue weighted by Crippen LogP contribution is 2.20. The van der Waals surface area contributed by atoms with E-state index in [1.165, 1.54) is 24.3 Å². The monoisotopic (exact) mass is 176 g/mol. The van der Waals surface area contributed by atoms with Crippen LogP contribution in [0.15, 0.2) is 30.5 Å². The highest BCUT2D eigenvalue weighted by molar-refractivity contribution is 5.66. The molecule has 0 heterocycles. The summed E-state index contributed by atoms with van der Waals surface area (Å²) in [6.45, 7) is 3.37. The number of nitrogens with zero attached hydrogens (tertiary/aromatic N) is 1. The van der Waals surface area contributed by atoms with E-state index in [1.54, 1.807) is 0 Å². The Labute approximate surface area is 75.1 Å². The maximum Gasteiger partial charge on any atom is 0.270 e. The Bertz CT molecular complexity index is 393. The molecule has 13 heavy (non-hydrogen) atoms. The molecule has 1 aromatic carbocycles. The SMILES string of the molecule is C=C=Cc1cc([N+](=O)[O-])ccc1N. The number of nitrogens with two attached hydrogens (primary N) is 1. The van der Waals surface area contributed by atoms with E-state index < -0.39 is 4.92 Å². The molecule has 0 aliphatic carbocycles. The minimum atomic E-state index is -0.472. The fourth-order valence-corrected chi connectivity index (χ4v) is 0.911. The molecule has 0 radical (unpaired) electrons. The summed E-state index contributed by atoms with van der Waals surface area (Å²) in [4.78, 5) is 9.91. The minimum Gasteiger partial charge on any atom is -0.398 e. The largest absolute Gasteiger partial charge is 0.398 e. The minimum absolute atomic E-state index is 0.00991. The van der Waals surface area contributed by atoms with Crippen LogP contribution in [0.1, 0.15) is 5.56 Å². The van der Waals surface area contributed by atoms with Crippen molar-refractivity contribution in [3.8, 4) is 0 Å². The van der Waals surface area contributed by atoms with Gasteiger partial charge in [0.15, 0.2) is 0 Å². The average molecular weight is 176 g/mol. The zero-order valence-electron chi connectivity index (χ0n) is 6.86. The lowest BCUT2D eigenvalue weighted by Crippen LogP contribution is -1.92. The first-order chi connectivity index (χ1) is 6.15. The summed E-state index contributed by atoms with van der Waals surface area (Å²) in [6.07, 6.45) is 1.50. The first-order valence-electron chi connectivity index (χ1n) is 3.55. The number of benzene rings is 1. The third kappa shape index (κ3) is 1.95. The molecule has 0 aliphatic heterocycles. The third-order valence-electron chi connectivity index (χ3n) is 1.54. The van der Waals surface area contributed by atoms with Crippen LogP contribution in [0, 0.1) is 10.1 Å². The fraction of sp³-hybridized carbons (Fsp3) is 0. The standard InChI is InChI=1S/C9H8N2O2/c1-2-3-7-6-8(11(12)13)4-5-9(7)10/h3-6H,1,10H2. The molecule has 0 unspecified atom stereocenters. The maximum atomic E-state index is 10.4. The van der Waals surface area contributed by atoms with Crippen molar-refractivity contribution in [2.75, 3.05) is 5.73 Å². The quantitative estimate of drug-likeness (QED) is 0.324. The molecule has 1 rings (SSSR count). The molecule has 4 nitrogen and oxygen atoms in total. The van der Waals surface area contributed by atoms with Gasteiger partial charge in [0.1, 0.15) is 0 Å². The highest BCUT2D eigenvalue weighted by atomic mass is 16.6. The van der Waals surface area contributed by atoms with Crippen molar-refractivity contribution in [1.29, 1.82) is 0 Å². The van der Waals surface area contributed by atoms with E-state index in [0.717, 1.165) is 0 Å². The Hall–Kier alpha value is -2.06. The van der Waals surface area contributed by atoms with Gasteiger partial charge in [-0.25, -0.2) is 0 Å². The number of nitrogen functional groups attached to an aromatic ring is 1. The van der Waals surface area contributed by atoms with Crippen molar-refractivity contribution < 1.29 is 4.92 Å². The zero-order valence-corrected chi connectivity index (χ0v) is 6.86. The Morgan fingerprint density at radius 1 is 1.62 bits per heavy atom. The fourth-order valence-electron chi connectivity index (χ4n) is 0.911. The van der Waals surface area contributed by atoms with Gasteiger partial charge in [0.25, 0.3) is 5.69 Å². The van der Waals surface area contributed by atoms with Gasteiger partial charge in [-0.1, -0.05) is 6.58 Å². The van der Waals surface area contributed by atoms with Crippen LogP contribution in [0.3, 0.4) is 0 Å². The molecule has 0 amide bonds. The highest BCUT2D eigenvalue weighted by Gasteiger charge is 2.06. The zero-order chi connectivity index (χ0) is 9.84. The van der Waals surface area contributed by atoms with Crippen LogP contribution in [0.2, 0.25) is 0 Å². The molecule has 0 saturated heterocycles. The molecule has 0 spiro atoms. The lowest BCUT2D eigenvalue weighted by atomic mass is 10.1. The van der Waals surface area contributed by atoms with Crippen LogP contribution in [0.4, 0.5) is 11.4 Å². The lowest BCUT2D eigenvalue weighted by molar-refractivity contribution is -0.384. The molecular formula is C9H8N2O2. The summed E-state index contributed by atoms with van der Waals surface area (Å²) in [5.74, 6) is 0. The van der Waals surface area contributed by atoms with E-state index in [-0.39, 0.29) is 5.69 Å². The second kappa shape index (κ2) is 3.56. The van der Waals surface area contributed by atoms with E-state index in [2.05, 4.69) is 12.3 Å². The van der Waals surface area contributed by atoms with Crippen molar-refractivity contribution in [3.63, 3.8) is 0 Å². The summed E-state index contributed by atoms with van der Waals surface area (Å²) >= 11 is 0. The number of hydrogen-bond acceptors (Lipinski definition) is 3. The van der Waals surface area contributed by atoms with E-state index in [4.69, 9.17) is 5.73 Å².